The maximum atomic E-state index is 10.8. The maximum Gasteiger partial charge on any atom is 0.313 e. The van der Waals surface area contributed by atoms with Gasteiger partial charge in [0.2, 0.25) is 0 Å². The van der Waals surface area contributed by atoms with Crippen molar-refractivity contribution >= 4 is 28.6 Å². The first-order chi connectivity index (χ1) is 11.2. The average Bonchev–Trinajstić information content (AvgIpc) is 2.58. The fourth-order valence-corrected chi connectivity index (χ4v) is 3.10. The number of hydrogen-bond donors (Lipinski definition) is 1. The number of carboxylic acid groups (broad SMARTS) is 1. The van der Waals surface area contributed by atoms with E-state index in [1.54, 1.807) is 0 Å². The van der Waals surface area contributed by atoms with Crippen molar-refractivity contribution < 1.29 is 9.90 Å². The van der Waals surface area contributed by atoms with Crippen LogP contribution in [0.25, 0.3) is 10.9 Å². The third-order valence-electron chi connectivity index (χ3n) is 3.43. The minimum Gasteiger partial charge on any atom is -0.481 e. The summed E-state index contributed by atoms with van der Waals surface area (Å²) in [5.74, 6) is -0.0944. The van der Waals surface area contributed by atoms with E-state index in [4.69, 9.17) is 5.11 Å². The minimum absolute atomic E-state index is 0.000860. The van der Waals surface area contributed by atoms with Gasteiger partial charge in [-0.15, -0.1) is 0 Å². The number of carbonyl (C=O) groups is 1. The third-order valence-corrected chi connectivity index (χ3v) is 4.40. The fourth-order valence-electron chi connectivity index (χ4n) is 2.35. The second-order valence-corrected chi connectivity index (χ2v) is 6.09. The zero-order valence-electron chi connectivity index (χ0n) is 12.5. The Kier molecular flexibility index (Phi) is 4.88. The van der Waals surface area contributed by atoms with Gasteiger partial charge in [0.15, 0.2) is 0 Å². The summed E-state index contributed by atoms with van der Waals surface area (Å²) in [7, 11) is 0. The van der Waals surface area contributed by atoms with Crippen LogP contribution in [0.5, 0.6) is 0 Å². The molecule has 116 valence electrons. The van der Waals surface area contributed by atoms with Crippen molar-refractivity contribution in [2.75, 3.05) is 5.75 Å². The molecule has 0 aliphatic carbocycles. The number of fused-ring (bicyclic) bond motifs is 1. The van der Waals surface area contributed by atoms with E-state index in [0.29, 0.717) is 0 Å². The minimum atomic E-state index is -0.844. The lowest BCUT2D eigenvalue weighted by molar-refractivity contribution is -0.133. The molecule has 0 spiro atoms. The molecule has 0 unspecified atom stereocenters. The summed E-state index contributed by atoms with van der Waals surface area (Å²) in [4.78, 5) is 20.0. The largest absolute Gasteiger partial charge is 0.481 e. The topological polar surface area (TPSA) is 63.1 Å². The van der Waals surface area contributed by atoms with Crippen LogP contribution in [-0.4, -0.2) is 26.8 Å². The van der Waals surface area contributed by atoms with E-state index < -0.39 is 5.97 Å². The molecule has 0 atom stereocenters. The number of aryl methyl sites for hydroxylation is 2. The Hall–Kier alpha value is -2.40. The van der Waals surface area contributed by atoms with Gasteiger partial charge in [0.1, 0.15) is 10.9 Å². The van der Waals surface area contributed by atoms with E-state index in [9.17, 15) is 4.79 Å². The molecule has 5 heteroatoms. The van der Waals surface area contributed by atoms with Gasteiger partial charge in [0.25, 0.3) is 0 Å². The van der Waals surface area contributed by atoms with Crippen LogP contribution in [0.15, 0.2) is 59.6 Å². The van der Waals surface area contributed by atoms with Gasteiger partial charge in [0.05, 0.1) is 11.3 Å². The summed E-state index contributed by atoms with van der Waals surface area (Å²) in [6.07, 6.45) is 1.59. The molecule has 4 nitrogen and oxygen atoms in total. The molecule has 23 heavy (non-hydrogen) atoms. The van der Waals surface area contributed by atoms with Crippen molar-refractivity contribution in [1.82, 2.24) is 9.97 Å². The highest BCUT2D eigenvalue weighted by Crippen LogP contribution is 2.25. The highest BCUT2D eigenvalue weighted by atomic mass is 32.2. The Balaban J connectivity index is 1.86. The van der Waals surface area contributed by atoms with Gasteiger partial charge in [-0.25, -0.2) is 9.97 Å². The van der Waals surface area contributed by atoms with E-state index in [1.807, 2.05) is 42.5 Å². The van der Waals surface area contributed by atoms with Crippen LogP contribution in [0, 0.1) is 0 Å². The van der Waals surface area contributed by atoms with Gasteiger partial charge >= 0.3 is 5.97 Å². The number of para-hydroxylation sites is 1. The van der Waals surface area contributed by atoms with Crippen LogP contribution >= 0.6 is 11.8 Å². The summed E-state index contributed by atoms with van der Waals surface area (Å²) in [6.45, 7) is 0. The number of benzene rings is 2. The van der Waals surface area contributed by atoms with Crippen LogP contribution < -0.4 is 0 Å². The molecule has 3 aromatic rings. The Labute approximate surface area is 138 Å². The second kappa shape index (κ2) is 7.24. The molecular weight excluding hydrogens is 308 g/mol. The highest BCUT2D eigenvalue weighted by molar-refractivity contribution is 8.00. The predicted octanol–water partition coefficient (Wildman–Crippen LogP) is 3.59. The van der Waals surface area contributed by atoms with Crippen LogP contribution in [0.2, 0.25) is 0 Å². The van der Waals surface area contributed by atoms with Gasteiger partial charge in [-0.3, -0.25) is 4.79 Å². The van der Waals surface area contributed by atoms with E-state index in [0.717, 1.165) is 34.6 Å². The summed E-state index contributed by atoms with van der Waals surface area (Å²) < 4.78 is 0. The Bertz CT molecular complexity index is 822. The van der Waals surface area contributed by atoms with E-state index in [2.05, 4.69) is 22.1 Å². The van der Waals surface area contributed by atoms with Gasteiger partial charge in [-0.05, 0) is 18.1 Å². The number of hydrogen-bond acceptors (Lipinski definition) is 4. The molecule has 0 bridgehead atoms. The first-order valence-corrected chi connectivity index (χ1v) is 8.35. The van der Waals surface area contributed by atoms with Crippen molar-refractivity contribution in [1.29, 1.82) is 0 Å². The van der Waals surface area contributed by atoms with Gasteiger partial charge in [0, 0.05) is 11.8 Å². The third kappa shape index (κ3) is 4.07. The van der Waals surface area contributed by atoms with Crippen LogP contribution in [-0.2, 0) is 17.6 Å². The van der Waals surface area contributed by atoms with Crippen molar-refractivity contribution in [2.45, 2.75) is 17.9 Å². The van der Waals surface area contributed by atoms with Crippen molar-refractivity contribution in [3.05, 3.63) is 66.0 Å². The first-order valence-electron chi connectivity index (χ1n) is 7.36. The Morgan fingerprint density at radius 1 is 0.957 bits per heavy atom. The molecule has 1 aromatic heterocycles. The lowest BCUT2D eigenvalue weighted by atomic mass is 10.1. The zero-order valence-corrected chi connectivity index (χ0v) is 13.3. The first kappa shape index (κ1) is 15.5. The molecular formula is C18H16N2O2S. The molecule has 3 rings (SSSR count). The molecule has 0 saturated carbocycles. The summed E-state index contributed by atoms with van der Waals surface area (Å²) in [5.41, 5.74) is 2.10. The SMILES string of the molecule is O=C(O)CSc1nc(CCc2ccccc2)nc2ccccc12. The Morgan fingerprint density at radius 3 is 2.48 bits per heavy atom. The van der Waals surface area contributed by atoms with Gasteiger partial charge < -0.3 is 5.11 Å². The monoisotopic (exact) mass is 324 g/mol. The van der Waals surface area contributed by atoms with Crippen molar-refractivity contribution in [3.8, 4) is 0 Å². The van der Waals surface area contributed by atoms with Gasteiger partial charge in [-0.2, -0.15) is 0 Å². The maximum absolute atomic E-state index is 10.8. The van der Waals surface area contributed by atoms with Crippen molar-refractivity contribution in [2.24, 2.45) is 0 Å². The number of nitrogens with zero attached hydrogens (tertiary/aromatic N) is 2. The lowest BCUT2D eigenvalue weighted by Gasteiger charge is -2.07. The summed E-state index contributed by atoms with van der Waals surface area (Å²) >= 11 is 1.24. The zero-order chi connectivity index (χ0) is 16.1. The smallest absolute Gasteiger partial charge is 0.313 e. The summed E-state index contributed by atoms with van der Waals surface area (Å²) in [5, 5.41) is 10.5. The molecule has 1 N–H and O–H groups in total. The number of aromatic nitrogens is 2. The van der Waals surface area contributed by atoms with Crippen LogP contribution in [0.3, 0.4) is 0 Å². The molecule has 1 heterocycles. The second-order valence-electron chi connectivity index (χ2n) is 5.13. The van der Waals surface area contributed by atoms with E-state index >= 15 is 0 Å². The number of carboxylic acids is 1. The molecule has 0 amide bonds. The van der Waals surface area contributed by atoms with Crippen LogP contribution in [0.1, 0.15) is 11.4 Å². The fraction of sp³-hybridized carbons (Fsp3) is 0.167. The summed E-state index contributed by atoms with van der Waals surface area (Å²) in [6, 6.07) is 17.9. The molecule has 0 saturated heterocycles. The predicted molar refractivity (Wildman–Crippen MR) is 91.7 cm³/mol. The molecule has 0 aliphatic rings. The van der Waals surface area contributed by atoms with Crippen molar-refractivity contribution in [3.63, 3.8) is 0 Å². The van der Waals surface area contributed by atoms with Crippen LogP contribution in [0.4, 0.5) is 0 Å². The highest BCUT2D eigenvalue weighted by Gasteiger charge is 2.10. The number of aliphatic carboxylic acids is 1. The number of rotatable bonds is 6. The standard InChI is InChI=1S/C18H16N2O2S/c21-17(22)12-23-18-14-8-4-5-9-15(14)19-16(20-18)11-10-13-6-2-1-3-7-13/h1-9H,10-12H2,(H,21,22). The lowest BCUT2D eigenvalue weighted by Crippen LogP contribution is -2.03. The number of thioether (sulfide) groups is 1. The Morgan fingerprint density at radius 2 is 1.70 bits per heavy atom. The van der Waals surface area contributed by atoms with Gasteiger partial charge in [-0.1, -0.05) is 60.3 Å². The quantitative estimate of drug-likeness (QED) is 0.554. The normalized spacial score (nSPS) is 10.8. The molecule has 0 radical (unpaired) electrons. The average molecular weight is 324 g/mol. The molecule has 0 aliphatic heterocycles. The van der Waals surface area contributed by atoms with E-state index in [1.165, 1.54) is 17.3 Å². The molecule has 0 fully saturated rings. The molecule has 2 aromatic carbocycles. The van der Waals surface area contributed by atoms with E-state index in [-0.39, 0.29) is 5.75 Å².